The van der Waals surface area contributed by atoms with Crippen molar-refractivity contribution in [2.45, 2.75) is 13.3 Å². The summed E-state index contributed by atoms with van der Waals surface area (Å²) in [5.74, 6) is -0.315. The van der Waals surface area contributed by atoms with E-state index in [0.29, 0.717) is 38.2 Å². The first-order valence-electron chi connectivity index (χ1n) is 10.4. The van der Waals surface area contributed by atoms with Gasteiger partial charge in [-0.25, -0.2) is 0 Å². The molecule has 2 amide bonds. The molecule has 1 aliphatic rings. The lowest BCUT2D eigenvalue weighted by Crippen LogP contribution is -2.38. The second-order valence-electron chi connectivity index (χ2n) is 7.81. The quantitative estimate of drug-likeness (QED) is 0.601. The number of hydrogen-bond donors (Lipinski definition) is 1. The van der Waals surface area contributed by atoms with Crippen LogP contribution >= 0.6 is 11.3 Å². The highest BCUT2D eigenvalue weighted by Gasteiger charge is 2.32. The number of aromatic amines is 1. The lowest BCUT2D eigenvalue weighted by Gasteiger charge is -2.23. The molecule has 0 bridgehead atoms. The molecular formula is C24H26N4O2S. The summed E-state index contributed by atoms with van der Waals surface area (Å²) < 4.78 is 0. The first-order chi connectivity index (χ1) is 15.1. The number of nitrogens with one attached hydrogen (secondary N) is 1. The number of hydrogen-bond acceptors (Lipinski definition) is 4. The van der Waals surface area contributed by atoms with Crippen LogP contribution in [0.4, 0.5) is 0 Å². The molecule has 1 fully saturated rings. The van der Waals surface area contributed by atoms with Crippen molar-refractivity contribution in [1.82, 2.24) is 20.0 Å². The fourth-order valence-electron chi connectivity index (χ4n) is 3.99. The molecule has 7 heteroatoms. The Morgan fingerprint density at radius 2 is 2.10 bits per heavy atom. The zero-order valence-electron chi connectivity index (χ0n) is 17.6. The molecule has 2 aromatic heterocycles. The van der Waals surface area contributed by atoms with Crippen LogP contribution in [-0.2, 0) is 11.2 Å². The summed E-state index contributed by atoms with van der Waals surface area (Å²) in [7, 11) is 0. The van der Waals surface area contributed by atoms with E-state index < -0.39 is 0 Å². The van der Waals surface area contributed by atoms with Gasteiger partial charge in [-0.1, -0.05) is 36.4 Å². The van der Waals surface area contributed by atoms with E-state index in [1.807, 2.05) is 13.0 Å². The average molecular weight is 435 g/mol. The van der Waals surface area contributed by atoms with Gasteiger partial charge in [0.2, 0.25) is 5.91 Å². The van der Waals surface area contributed by atoms with Crippen LogP contribution in [0.5, 0.6) is 0 Å². The van der Waals surface area contributed by atoms with E-state index in [2.05, 4.69) is 52.5 Å². The van der Waals surface area contributed by atoms with E-state index in [0.717, 1.165) is 11.3 Å². The number of carbonyl (C=O) groups is 2. The minimum Gasteiger partial charge on any atom is -0.337 e. The molecule has 0 aliphatic carbocycles. The average Bonchev–Trinajstić information content (AvgIpc) is 3.43. The molecule has 1 aromatic carbocycles. The molecule has 6 nitrogen and oxygen atoms in total. The summed E-state index contributed by atoms with van der Waals surface area (Å²) in [6.45, 7) is 7.49. The zero-order valence-corrected chi connectivity index (χ0v) is 18.4. The molecule has 0 spiro atoms. The number of aryl methyl sites for hydroxylation is 1. The summed E-state index contributed by atoms with van der Waals surface area (Å²) >= 11 is 1.71. The minimum atomic E-state index is -0.300. The van der Waals surface area contributed by atoms with Gasteiger partial charge in [0.25, 0.3) is 5.91 Å². The van der Waals surface area contributed by atoms with Crippen LogP contribution in [0.2, 0.25) is 0 Å². The van der Waals surface area contributed by atoms with Crippen LogP contribution in [0.1, 0.15) is 21.6 Å². The Morgan fingerprint density at radius 3 is 2.74 bits per heavy atom. The maximum atomic E-state index is 13.2. The second-order valence-corrected chi connectivity index (χ2v) is 8.76. The predicted octanol–water partition coefficient (Wildman–Crippen LogP) is 3.78. The summed E-state index contributed by atoms with van der Waals surface area (Å²) in [6, 6.07) is 12.5. The number of nitrogens with zero attached hydrogens (tertiary/aromatic N) is 3. The van der Waals surface area contributed by atoms with Crippen LogP contribution in [0.15, 0.2) is 60.6 Å². The topological polar surface area (TPSA) is 69.3 Å². The normalized spacial score (nSPS) is 16.9. The van der Waals surface area contributed by atoms with Crippen LogP contribution in [-0.4, -0.2) is 58.0 Å². The highest BCUT2D eigenvalue weighted by Crippen LogP contribution is 2.26. The maximum absolute atomic E-state index is 13.2. The molecule has 3 aromatic rings. The number of H-pyrrole nitrogens is 1. The number of benzene rings is 1. The van der Waals surface area contributed by atoms with Crippen LogP contribution in [0, 0.1) is 12.8 Å². The first kappa shape index (κ1) is 21.1. The molecule has 4 rings (SSSR count). The molecule has 3 heterocycles. The van der Waals surface area contributed by atoms with Crippen LogP contribution in [0.25, 0.3) is 10.4 Å². The van der Waals surface area contributed by atoms with Crippen molar-refractivity contribution in [1.29, 1.82) is 0 Å². The molecular weight excluding hydrogens is 408 g/mol. The Balaban J connectivity index is 1.55. The SMILES string of the molecule is C=CCN1CCN(C(=O)c2cn[nH]c2C)CC(Cc2ccc(-c3cccs3)cc2)C1=O. The van der Waals surface area contributed by atoms with Crippen LogP contribution in [0.3, 0.4) is 0 Å². The highest BCUT2D eigenvalue weighted by molar-refractivity contribution is 7.13. The summed E-state index contributed by atoms with van der Waals surface area (Å²) in [4.78, 5) is 31.1. The monoisotopic (exact) mass is 434 g/mol. The number of aromatic nitrogens is 2. The fraction of sp³-hybridized carbons (Fsp3) is 0.292. The van der Waals surface area contributed by atoms with Crippen molar-refractivity contribution in [2.24, 2.45) is 5.92 Å². The van der Waals surface area contributed by atoms with E-state index in [4.69, 9.17) is 0 Å². The smallest absolute Gasteiger partial charge is 0.257 e. The van der Waals surface area contributed by atoms with Crippen molar-refractivity contribution < 1.29 is 9.59 Å². The number of amides is 2. The third-order valence-electron chi connectivity index (χ3n) is 5.68. The molecule has 1 N–H and O–H groups in total. The van der Waals surface area contributed by atoms with Gasteiger partial charge in [-0.3, -0.25) is 14.7 Å². The van der Waals surface area contributed by atoms with Crippen molar-refractivity contribution in [3.8, 4) is 10.4 Å². The van der Waals surface area contributed by atoms with Gasteiger partial charge >= 0.3 is 0 Å². The molecule has 160 valence electrons. The number of carbonyl (C=O) groups excluding carboxylic acids is 2. The Bertz CT molecular complexity index is 1060. The third-order valence-corrected chi connectivity index (χ3v) is 6.60. The Labute approximate surface area is 186 Å². The second kappa shape index (κ2) is 9.31. The Hall–Kier alpha value is -3.19. The minimum absolute atomic E-state index is 0.0708. The number of rotatable bonds is 6. The lowest BCUT2D eigenvalue weighted by molar-refractivity contribution is -0.134. The standard InChI is InChI=1S/C24H26N4O2S/c1-3-10-27-11-12-28(24(30)21-15-25-26-17(21)2)16-20(23(27)29)14-18-6-8-19(9-7-18)22-5-4-13-31-22/h3-9,13,15,20H,1,10-12,14,16H2,2H3,(H,25,26). The third kappa shape index (κ3) is 4.61. The molecule has 1 saturated heterocycles. The largest absolute Gasteiger partial charge is 0.337 e. The molecule has 0 saturated carbocycles. The highest BCUT2D eigenvalue weighted by atomic mass is 32.1. The van der Waals surface area contributed by atoms with Gasteiger partial charge in [-0.15, -0.1) is 17.9 Å². The Kier molecular flexibility index (Phi) is 6.32. The molecule has 1 aliphatic heterocycles. The van der Waals surface area contributed by atoms with Crippen molar-refractivity contribution in [2.75, 3.05) is 26.2 Å². The lowest BCUT2D eigenvalue weighted by atomic mass is 9.96. The fourth-order valence-corrected chi connectivity index (χ4v) is 4.72. The van der Waals surface area contributed by atoms with Crippen molar-refractivity contribution in [3.05, 3.63) is 77.5 Å². The van der Waals surface area contributed by atoms with Crippen molar-refractivity contribution >= 4 is 23.2 Å². The van der Waals surface area contributed by atoms with Gasteiger partial charge in [0.05, 0.1) is 17.7 Å². The van der Waals surface area contributed by atoms with E-state index >= 15 is 0 Å². The summed E-state index contributed by atoms with van der Waals surface area (Å²) in [6.07, 6.45) is 3.89. The predicted molar refractivity (Wildman–Crippen MR) is 123 cm³/mol. The summed E-state index contributed by atoms with van der Waals surface area (Å²) in [5, 5.41) is 8.86. The van der Waals surface area contributed by atoms with Gasteiger partial charge in [-0.2, -0.15) is 5.10 Å². The van der Waals surface area contributed by atoms with E-state index in [-0.39, 0.29) is 17.7 Å². The molecule has 1 unspecified atom stereocenters. The van der Waals surface area contributed by atoms with Gasteiger partial charge < -0.3 is 9.80 Å². The van der Waals surface area contributed by atoms with Crippen molar-refractivity contribution in [3.63, 3.8) is 0 Å². The van der Waals surface area contributed by atoms with E-state index in [1.54, 1.807) is 33.4 Å². The molecule has 31 heavy (non-hydrogen) atoms. The van der Waals surface area contributed by atoms with E-state index in [1.165, 1.54) is 10.4 Å². The first-order valence-corrected chi connectivity index (χ1v) is 11.3. The summed E-state index contributed by atoms with van der Waals surface area (Å²) in [5.41, 5.74) is 3.56. The van der Waals surface area contributed by atoms with Gasteiger partial charge in [0.1, 0.15) is 0 Å². The zero-order chi connectivity index (χ0) is 21.8. The van der Waals surface area contributed by atoms with E-state index in [9.17, 15) is 9.59 Å². The van der Waals surface area contributed by atoms with Gasteiger partial charge in [0.15, 0.2) is 0 Å². The Morgan fingerprint density at radius 1 is 1.29 bits per heavy atom. The van der Waals surface area contributed by atoms with Crippen LogP contribution < -0.4 is 0 Å². The molecule has 0 radical (unpaired) electrons. The molecule has 1 atom stereocenters. The van der Waals surface area contributed by atoms with Gasteiger partial charge in [-0.05, 0) is 35.9 Å². The van der Waals surface area contributed by atoms with Gasteiger partial charge in [0, 0.05) is 36.8 Å². The maximum Gasteiger partial charge on any atom is 0.257 e. The number of thiophene rings is 1.